The Morgan fingerprint density at radius 1 is 1.21 bits per heavy atom. The summed E-state index contributed by atoms with van der Waals surface area (Å²) in [5.41, 5.74) is 0. The number of hydrogen-bond donors (Lipinski definition) is 2. The molecule has 0 aromatic carbocycles. The molecule has 0 bridgehead atoms. The average Bonchev–Trinajstić information content (AvgIpc) is 2.84. The van der Waals surface area contributed by atoms with Crippen LogP contribution < -0.4 is 10.6 Å². The van der Waals surface area contributed by atoms with Gasteiger partial charge < -0.3 is 15.5 Å². The Bertz CT molecular complexity index is 287. The summed E-state index contributed by atoms with van der Waals surface area (Å²) in [6.45, 7) is 3.28. The SMILES string of the molecule is CNC1CCC(C(=O)NCCC2CCN(C)C2)CC1. The van der Waals surface area contributed by atoms with Gasteiger partial charge in [-0.2, -0.15) is 0 Å². The molecule has 1 aliphatic heterocycles. The molecule has 0 aromatic heterocycles. The molecule has 4 nitrogen and oxygen atoms in total. The molecule has 0 aromatic rings. The normalized spacial score (nSPS) is 32.4. The minimum absolute atomic E-state index is 0.260. The second-order valence-electron chi connectivity index (χ2n) is 6.33. The summed E-state index contributed by atoms with van der Waals surface area (Å²) in [5.74, 6) is 1.34. The first-order valence-electron chi connectivity index (χ1n) is 7.82. The topological polar surface area (TPSA) is 44.4 Å². The number of hydrogen-bond acceptors (Lipinski definition) is 3. The fourth-order valence-corrected chi connectivity index (χ4v) is 3.45. The van der Waals surface area contributed by atoms with Gasteiger partial charge >= 0.3 is 0 Å². The Morgan fingerprint density at radius 2 is 1.95 bits per heavy atom. The van der Waals surface area contributed by atoms with Crippen LogP contribution in [0.3, 0.4) is 0 Å². The summed E-state index contributed by atoms with van der Waals surface area (Å²) in [5, 5.41) is 6.46. The van der Waals surface area contributed by atoms with Gasteiger partial charge in [0.05, 0.1) is 0 Å². The van der Waals surface area contributed by atoms with Gasteiger partial charge in [0.2, 0.25) is 5.91 Å². The van der Waals surface area contributed by atoms with Crippen molar-refractivity contribution in [1.29, 1.82) is 0 Å². The van der Waals surface area contributed by atoms with E-state index in [9.17, 15) is 4.79 Å². The lowest BCUT2D eigenvalue weighted by molar-refractivity contribution is -0.126. The zero-order chi connectivity index (χ0) is 13.7. The smallest absolute Gasteiger partial charge is 0.223 e. The third kappa shape index (κ3) is 4.46. The molecule has 1 heterocycles. The summed E-state index contributed by atoms with van der Waals surface area (Å²) in [6.07, 6.45) is 6.80. The molecule has 1 atom stereocenters. The van der Waals surface area contributed by atoms with Gasteiger partial charge in [0.1, 0.15) is 0 Å². The Balaban J connectivity index is 1.59. The van der Waals surface area contributed by atoms with Crippen molar-refractivity contribution in [3.63, 3.8) is 0 Å². The van der Waals surface area contributed by atoms with Gasteiger partial charge in [-0.1, -0.05) is 0 Å². The summed E-state index contributed by atoms with van der Waals surface area (Å²) in [7, 11) is 4.20. The number of rotatable bonds is 5. The van der Waals surface area contributed by atoms with Crippen molar-refractivity contribution in [2.24, 2.45) is 11.8 Å². The minimum atomic E-state index is 0.260. The maximum atomic E-state index is 12.1. The minimum Gasteiger partial charge on any atom is -0.356 e. The lowest BCUT2D eigenvalue weighted by atomic mass is 9.85. The van der Waals surface area contributed by atoms with Gasteiger partial charge in [0.15, 0.2) is 0 Å². The van der Waals surface area contributed by atoms with Crippen molar-refractivity contribution in [2.75, 3.05) is 33.7 Å². The predicted molar refractivity (Wildman–Crippen MR) is 78.0 cm³/mol. The van der Waals surface area contributed by atoms with E-state index in [1.54, 1.807) is 0 Å². The van der Waals surface area contributed by atoms with E-state index in [1.165, 1.54) is 19.5 Å². The first kappa shape index (κ1) is 14.8. The maximum Gasteiger partial charge on any atom is 0.223 e. The van der Waals surface area contributed by atoms with Gasteiger partial charge in [0, 0.05) is 25.0 Å². The van der Waals surface area contributed by atoms with Crippen LogP contribution >= 0.6 is 0 Å². The largest absolute Gasteiger partial charge is 0.356 e. The highest BCUT2D eigenvalue weighted by molar-refractivity contribution is 5.78. The van der Waals surface area contributed by atoms with Gasteiger partial charge in [-0.25, -0.2) is 0 Å². The van der Waals surface area contributed by atoms with Gasteiger partial charge in [-0.15, -0.1) is 0 Å². The number of amides is 1. The van der Waals surface area contributed by atoms with Gasteiger partial charge in [-0.05, 0) is 65.1 Å². The molecule has 2 rings (SSSR count). The quantitative estimate of drug-likeness (QED) is 0.787. The molecule has 1 saturated carbocycles. The number of carbonyl (C=O) groups is 1. The van der Waals surface area contributed by atoms with Crippen LogP contribution in [0.2, 0.25) is 0 Å². The van der Waals surface area contributed by atoms with Crippen molar-refractivity contribution in [3.05, 3.63) is 0 Å². The van der Waals surface area contributed by atoms with Crippen LogP contribution in [0.25, 0.3) is 0 Å². The first-order chi connectivity index (χ1) is 9.19. The third-order valence-corrected chi connectivity index (χ3v) is 4.85. The predicted octanol–water partition coefficient (Wildman–Crippen LogP) is 1.22. The Hall–Kier alpha value is -0.610. The number of nitrogens with one attached hydrogen (secondary N) is 2. The Kier molecular flexibility index (Phi) is 5.64. The summed E-state index contributed by atoms with van der Waals surface area (Å²) < 4.78 is 0. The molecule has 1 aliphatic carbocycles. The molecule has 1 unspecified atom stereocenters. The van der Waals surface area contributed by atoms with Crippen LogP contribution in [0.4, 0.5) is 0 Å². The van der Waals surface area contributed by atoms with E-state index in [1.807, 2.05) is 7.05 Å². The van der Waals surface area contributed by atoms with Crippen molar-refractivity contribution in [2.45, 2.75) is 44.6 Å². The summed E-state index contributed by atoms with van der Waals surface area (Å²) in [4.78, 5) is 14.5. The van der Waals surface area contributed by atoms with Gasteiger partial charge in [-0.3, -0.25) is 4.79 Å². The second-order valence-corrected chi connectivity index (χ2v) is 6.33. The van der Waals surface area contributed by atoms with E-state index in [0.29, 0.717) is 11.9 Å². The average molecular weight is 267 g/mol. The fourth-order valence-electron chi connectivity index (χ4n) is 3.45. The highest BCUT2D eigenvalue weighted by Gasteiger charge is 2.25. The molecule has 2 N–H and O–H groups in total. The van der Waals surface area contributed by atoms with Gasteiger partial charge in [0.25, 0.3) is 0 Å². The van der Waals surface area contributed by atoms with E-state index in [2.05, 4.69) is 22.6 Å². The maximum absolute atomic E-state index is 12.1. The second kappa shape index (κ2) is 7.25. The molecule has 0 spiro atoms. The van der Waals surface area contributed by atoms with Crippen molar-refractivity contribution < 1.29 is 4.79 Å². The van der Waals surface area contributed by atoms with Crippen molar-refractivity contribution in [1.82, 2.24) is 15.5 Å². The summed E-state index contributed by atoms with van der Waals surface area (Å²) >= 11 is 0. The first-order valence-corrected chi connectivity index (χ1v) is 7.82. The lowest BCUT2D eigenvalue weighted by Crippen LogP contribution is -2.38. The molecule has 1 amide bonds. The number of nitrogens with zero attached hydrogens (tertiary/aromatic N) is 1. The molecular formula is C15H29N3O. The van der Waals surface area contributed by atoms with E-state index >= 15 is 0 Å². The highest BCUT2D eigenvalue weighted by atomic mass is 16.1. The zero-order valence-electron chi connectivity index (χ0n) is 12.5. The Morgan fingerprint density at radius 3 is 2.53 bits per heavy atom. The monoisotopic (exact) mass is 267 g/mol. The fraction of sp³-hybridized carbons (Fsp3) is 0.933. The van der Waals surface area contributed by atoms with Crippen molar-refractivity contribution >= 4 is 5.91 Å². The molecule has 4 heteroatoms. The third-order valence-electron chi connectivity index (χ3n) is 4.85. The molecule has 2 fully saturated rings. The van der Waals surface area contributed by atoms with E-state index in [0.717, 1.165) is 44.6 Å². The van der Waals surface area contributed by atoms with Crippen LogP contribution in [0.1, 0.15) is 38.5 Å². The molecule has 110 valence electrons. The van der Waals surface area contributed by atoms with Crippen LogP contribution in [0.15, 0.2) is 0 Å². The van der Waals surface area contributed by atoms with E-state index in [-0.39, 0.29) is 5.92 Å². The highest BCUT2D eigenvalue weighted by Crippen LogP contribution is 2.24. The summed E-state index contributed by atoms with van der Waals surface area (Å²) in [6, 6.07) is 0.623. The van der Waals surface area contributed by atoms with E-state index < -0.39 is 0 Å². The number of likely N-dealkylation sites (tertiary alicyclic amines) is 1. The molecule has 2 aliphatic rings. The molecular weight excluding hydrogens is 238 g/mol. The van der Waals surface area contributed by atoms with Crippen molar-refractivity contribution in [3.8, 4) is 0 Å². The Labute approximate surface area is 117 Å². The molecule has 19 heavy (non-hydrogen) atoms. The zero-order valence-corrected chi connectivity index (χ0v) is 12.5. The molecule has 1 saturated heterocycles. The standard InChI is InChI=1S/C15H29N3O/c1-16-14-5-3-13(4-6-14)15(19)17-9-7-12-8-10-18(2)11-12/h12-14,16H,3-11H2,1-2H3,(H,17,19). The van der Waals surface area contributed by atoms with E-state index in [4.69, 9.17) is 0 Å². The van der Waals surface area contributed by atoms with Crippen LogP contribution in [-0.4, -0.2) is 50.6 Å². The number of carbonyl (C=O) groups excluding carboxylic acids is 1. The van der Waals surface area contributed by atoms with Crippen LogP contribution in [0, 0.1) is 11.8 Å². The lowest BCUT2D eigenvalue weighted by Gasteiger charge is -2.27. The van der Waals surface area contributed by atoms with Crippen LogP contribution in [-0.2, 0) is 4.79 Å². The van der Waals surface area contributed by atoms with Crippen LogP contribution in [0.5, 0.6) is 0 Å². The molecule has 0 radical (unpaired) electrons.